The monoisotopic (exact) mass is 310 g/mol. The molecule has 0 aromatic heterocycles. The van der Waals surface area contributed by atoms with Crippen molar-refractivity contribution in [3.63, 3.8) is 0 Å². The van der Waals surface area contributed by atoms with Gasteiger partial charge < -0.3 is 20.1 Å². The Labute approximate surface area is 116 Å². The molecular weight excluding hydrogens is 292 g/mol. The van der Waals surface area contributed by atoms with Crippen molar-refractivity contribution in [2.75, 3.05) is 32.7 Å². The molecule has 0 rings (SSSR count). The van der Waals surface area contributed by atoms with Crippen LogP contribution in [0.15, 0.2) is 0 Å². The number of rotatable bonds is 7. The van der Waals surface area contributed by atoms with Crippen LogP contribution in [0.4, 0.5) is 4.79 Å². The predicted molar refractivity (Wildman–Crippen MR) is 68.9 cm³/mol. The molecule has 0 saturated heterocycles. The molecule has 20 heavy (non-hydrogen) atoms. The third-order valence-corrected chi connectivity index (χ3v) is 3.26. The highest BCUT2D eigenvalue weighted by molar-refractivity contribution is 7.90. The molecule has 0 spiro atoms. The topological polar surface area (TPSA) is 130 Å². The van der Waals surface area contributed by atoms with Crippen LogP contribution in [0.5, 0.6) is 0 Å². The molecule has 0 saturated carbocycles. The van der Waals surface area contributed by atoms with Gasteiger partial charge in [-0.05, 0) is 0 Å². The second-order valence-corrected chi connectivity index (χ2v) is 6.43. The van der Waals surface area contributed by atoms with Crippen LogP contribution in [-0.2, 0) is 24.2 Å². The summed E-state index contributed by atoms with van der Waals surface area (Å²) in [4.78, 5) is 34.6. The third-order valence-electron chi connectivity index (χ3n) is 2.34. The first kappa shape index (κ1) is 18.2. The smallest absolute Gasteiger partial charge is 0.326 e. The predicted octanol–water partition coefficient (Wildman–Crippen LogP) is -1.31. The van der Waals surface area contributed by atoms with Gasteiger partial charge in [0.1, 0.15) is 15.9 Å². The third kappa shape index (κ3) is 7.56. The number of aliphatic carboxylic acids is 1. The maximum atomic E-state index is 11.6. The largest absolute Gasteiger partial charge is 0.480 e. The Morgan fingerprint density at radius 2 is 1.90 bits per heavy atom. The van der Waals surface area contributed by atoms with Gasteiger partial charge in [-0.15, -0.1) is 0 Å². The molecule has 2 amide bonds. The van der Waals surface area contributed by atoms with Gasteiger partial charge in [-0.2, -0.15) is 0 Å². The van der Waals surface area contributed by atoms with Gasteiger partial charge >= 0.3 is 18.0 Å². The zero-order chi connectivity index (χ0) is 15.9. The summed E-state index contributed by atoms with van der Waals surface area (Å²) in [6.07, 6.45) is 0.507. The van der Waals surface area contributed by atoms with Crippen molar-refractivity contribution in [1.29, 1.82) is 0 Å². The van der Waals surface area contributed by atoms with Gasteiger partial charge in [-0.1, -0.05) is 0 Å². The van der Waals surface area contributed by atoms with Crippen LogP contribution in [0.3, 0.4) is 0 Å². The second kappa shape index (κ2) is 7.68. The fourth-order valence-electron chi connectivity index (χ4n) is 1.11. The Bertz CT molecular complexity index is 474. The van der Waals surface area contributed by atoms with Crippen LogP contribution in [0.2, 0.25) is 0 Å². The lowest BCUT2D eigenvalue weighted by molar-refractivity contribution is -0.147. The molecule has 10 heteroatoms. The molecular formula is C10H18N2O7S. The normalized spacial score (nSPS) is 12.3. The SMILES string of the molecule is COC(=O)C[C@H](NC(=O)N(C)CCS(C)(=O)=O)C(=O)O. The fourth-order valence-corrected chi connectivity index (χ4v) is 1.72. The standard InChI is InChI=1S/C10H18N2O7S/c1-12(4-5-20(3,17)18)10(16)11-7(9(14)15)6-8(13)19-2/h7H,4-6H2,1-3H3,(H,11,16)(H,14,15)/t7-/m0/s1. The number of ether oxygens (including phenoxy) is 1. The van der Waals surface area contributed by atoms with Crippen LogP contribution < -0.4 is 5.32 Å². The van der Waals surface area contributed by atoms with Crippen molar-refractivity contribution < 1.29 is 32.6 Å². The molecule has 0 bridgehead atoms. The van der Waals surface area contributed by atoms with E-state index in [0.717, 1.165) is 18.3 Å². The number of nitrogens with one attached hydrogen (secondary N) is 1. The highest BCUT2D eigenvalue weighted by Gasteiger charge is 2.25. The van der Waals surface area contributed by atoms with Crippen molar-refractivity contribution in [1.82, 2.24) is 10.2 Å². The molecule has 2 N–H and O–H groups in total. The number of carbonyl (C=O) groups is 3. The number of methoxy groups -OCH3 is 1. The molecule has 0 aliphatic carbocycles. The first-order valence-corrected chi connectivity index (χ1v) is 7.62. The Morgan fingerprint density at radius 1 is 1.35 bits per heavy atom. The molecule has 0 radical (unpaired) electrons. The molecule has 0 aliphatic rings. The average Bonchev–Trinajstić information content (AvgIpc) is 2.33. The van der Waals surface area contributed by atoms with Crippen LogP contribution in [0.25, 0.3) is 0 Å². The average molecular weight is 310 g/mol. The van der Waals surface area contributed by atoms with Gasteiger partial charge in [0.25, 0.3) is 0 Å². The van der Waals surface area contributed by atoms with Crippen molar-refractivity contribution >= 4 is 27.8 Å². The van der Waals surface area contributed by atoms with E-state index < -0.39 is 40.3 Å². The Morgan fingerprint density at radius 3 is 2.30 bits per heavy atom. The molecule has 0 aromatic carbocycles. The molecule has 9 nitrogen and oxygen atoms in total. The number of carboxylic acids is 1. The number of hydrogen-bond donors (Lipinski definition) is 2. The van der Waals surface area contributed by atoms with E-state index >= 15 is 0 Å². The number of carbonyl (C=O) groups excluding carboxylic acids is 2. The lowest BCUT2D eigenvalue weighted by atomic mass is 10.2. The molecule has 0 unspecified atom stereocenters. The quantitative estimate of drug-likeness (QED) is 0.558. The molecule has 0 aliphatic heterocycles. The lowest BCUT2D eigenvalue weighted by Crippen LogP contribution is -2.48. The van der Waals surface area contributed by atoms with Crippen LogP contribution in [0.1, 0.15) is 6.42 Å². The van der Waals surface area contributed by atoms with Gasteiger partial charge in [0.05, 0.1) is 19.3 Å². The zero-order valence-electron chi connectivity index (χ0n) is 11.5. The number of hydrogen-bond acceptors (Lipinski definition) is 6. The second-order valence-electron chi connectivity index (χ2n) is 4.17. The molecule has 116 valence electrons. The maximum Gasteiger partial charge on any atom is 0.326 e. The van der Waals surface area contributed by atoms with E-state index in [1.54, 1.807) is 0 Å². The minimum absolute atomic E-state index is 0.0881. The van der Waals surface area contributed by atoms with Gasteiger partial charge in [-0.3, -0.25) is 4.79 Å². The summed E-state index contributed by atoms with van der Waals surface area (Å²) < 4.78 is 26.2. The highest BCUT2D eigenvalue weighted by atomic mass is 32.2. The van der Waals surface area contributed by atoms with E-state index in [9.17, 15) is 22.8 Å². The van der Waals surface area contributed by atoms with Crippen LogP contribution in [-0.4, -0.2) is 75.1 Å². The summed E-state index contributed by atoms with van der Waals surface area (Å²) in [5.74, 6) is -2.41. The Hall–Kier alpha value is -1.84. The number of amides is 2. The van der Waals surface area contributed by atoms with Crippen molar-refractivity contribution in [2.45, 2.75) is 12.5 Å². The lowest BCUT2D eigenvalue weighted by Gasteiger charge is -2.20. The van der Waals surface area contributed by atoms with E-state index in [0.29, 0.717) is 0 Å². The van der Waals surface area contributed by atoms with E-state index in [4.69, 9.17) is 5.11 Å². The zero-order valence-corrected chi connectivity index (χ0v) is 12.3. The summed E-state index contributed by atoms with van der Waals surface area (Å²) in [5, 5.41) is 11.0. The summed E-state index contributed by atoms with van der Waals surface area (Å²) in [5.41, 5.74) is 0. The fraction of sp³-hybridized carbons (Fsp3) is 0.700. The van der Waals surface area contributed by atoms with Gasteiger partial charge in [-0.25, -0.2) is 18.0 Å². The van der Waals surface area contributed by atoms with Crippen LogP contribution in [0, 0.1) is 0 Å². The van der Waals surface area contributed by atoms with Gasteiger partial charge in [0.15, 0.2) is 0 Å². The number of carboxylic acid groups (broad SMARTS) is 1. The van der Waals surface area contributed by atoms with E-state index in [1.165, 1.54) is 7.05 Å². The van der Waals surface area contributed by atoms with E-state index in [2.05, 4.69) is 10.1 Å². The molecule has 0 aromatic rings. The van der Waals surface area contributed by atoms with E-state index in [1.807, 2.05) is 0 Å². The minimum Gasteiger partial charge on any atom is -0.480 e. The summed E-state index contributed by atoms with van der Waals surface area (Å²) in [6.45, 7) is -0.0881. The Balaban J connectivity index is 4.52. The maximum absolute atomic E-state index is 11.6. The summed E-state index contributed by atoms with van der Waals surface area (Å²) in [6, 6.07) is -2.22. The summed E-state index contributed by atoms with van der Waals surface area (Å²) in [7, 11) is -0.817. The summed E-state index contributed by atoms with van der Waals surface area (Å²) >= 11 is 0. The van der Waals surface area contributed by atoms with Gasteiger partial charge in [0.2, 0.25) is 0 Å². The number of nitrogens with zero attached hydrogens (tertiary/aromatic N) is 1. The first-order valence-electron chi connectivity index (χ1n) is 5.55. The van der Waals surface area contributed by atoms with Crippen LogP contribution >= 0.6 is 0 Å². The molecule has 0 fully saturated rings. The molecule has 0 heterocycles. The van der Waals surface area contributed by atoms with Crippen molar-refractivity contribution in [2.24, 2.45) is 0 Å². The van der Waals surface area contributed by atoms with Crippen molar-refractivity contribution in [3.05, 3.63) is 0 Å². The highest BCUT2D eigenvalue weighted by Crippen LogP contribution is 1.97. The minimum atomic E-state index is -3.23. The first-order chi connectivity index (χ1) is 9.06. The number of esters is 1. The molecule has 1 atom stereocenters. The number of sulfone groups is 1. The number of urea groups is 1. The van der Waals surface area contributed by atoms with Gasteiger partial charge in [0, 0.05) is 19.8 Å². The Kier molecular flexibility index (Phi) is 6.97. The van der Waals surface area contributed by atoms with E-state index in [-0.39, 0.29) is 12.3 Å². The van der Waals surface area contributed by atoms with Crippen molar-refractivity contribution in [3.8, 4) is 0 Å².